The number of carbonyl (C=O) groups is 1. The molecule has 11 heteroatoms. The molecule has 1 atom stereocenters. The SMILES string of the molecule is CC(NS(C)(=O)=O)C(=O)NCc1noc(-c2c(F)cccc2F)n1. The number of hydrogen-bond donors (Lipinski definition) is 2. The summed E-state index contributed by atoms with van der Waals surface area (Å²) < 4.78 is 56.2. The molecule has 1 aromatic carbocycles. The Bertz CT molecular complexity index is 833. The van der Waals surface area contributed by atoms with Gasteiger partial charge in [-0.05, 0) is 19.1 Å². The maximum atomic E-state index is 13.6. The first-order chi connectivity index (χ1) is 11.2. The molecule has 0 saturated heterocycles. The summed E-state index contributed by atoms with van der Waals surface area (Å²) in [6, 6.07) is 2.28. The lowest BCUT2D eigenvalue weighted by Crippen LogP contribution is -2.44. The van der Waals surface area contributed by atoms with Gasteiger partial charge in [-0.25, -0.2) is 21.9 Å². The minimum absolute atomic E-state index is 0.0208. The molecule has 0 aliphatic rings. The van der Waals surface area contributed by atoms with E-state index in [-0.39, 0.29) is 18.3 Å². The van der Waals surface area contributed by atoms with Crippen LogP contribution in [-0.4, -0.2) is 36.8 Å². The van der Waals surface area contributed by atoms with Crippen LogP contribution in [0.15, 0.2) is 22.7 Å². The van der Waals surface area contributed by atoms with Crippen molar-refractivity contribution >= 4 is 15.9 Å². The third-order valence-corrected chi connectivity index (χ3v) is 3.63. The van der Waals surface area contributed by atoms with E-state index < -0.39 is 39.2 Å². The molecule has 0 aliphatic heterocycles. The van der Waals surface area contributed by atoms with Gasteiger partial charge in [-0.1, -0.05) is 11.2 Å². The van der Waals surface area contributed by atoms with E-state index in [2.05, 4.69) is 20.2 Å². The first kappa shape index (κ1) is 17.9. The monoisotopic (exact) mass is 360 g/mol. The number of hydrogen-bond acceptors (Lipinski definition) is 6. The molecule has 0 bridgehead atoms. The molecule has 2 aromatic rings. The average Bonchev–Trinajstić information content (AvgIpc) is 2.91. The van der Waals surface area contributed by atoms with Crippen LogP contribution < -0.4 is 10.0 Å². The second-order valence-corrected chi connectivity index (χ2v) is 6.72. The number of rotatable bonds is 6. The maximum Gasteiger partial charge on any atom is 0.263 e. The fourth-order valence-electron chi connectivity index (χ4n) is 1.82. The van der Waals surface area contributed by atoms with Crippen molar-refractivity contribution < 1.29 is 26.5 Å². The summed E-state index contributed by atoms with van der Waals surface area (Å²) in [7, 11) is -3.54. The number of nitrogens with one attached hydrogen (secondary N) is 2. The predicted molar refractivity (Wildman–Crippen MR) is 78.9 cm³/mol. The zero-order valence-corrected chi connectivity index (χ0v) is 13.5. The number of carbonyl (C=O) groups excluding carboxylic acids is 1. The van der Waals surface area contributed by atoms with Gasteiger partial charge in [-0.3, -0.25) is 4.79 Å². The molecular formula is C13H14F2N4O4S. The van der Waals surface area contributed by atoms with Gasteiger partial charge in [0.05, 0.1) is 18.8 Å². The minimum atomic E-state index is -3.54. The van der Waals surface area contributed by atoms with Crippen LogP contribution >= 0.6 is 0 Å². The van der Waals surface area contributed by atoms with Gasteiger partial charge in [0.1, 0.15) is 17.2 Å². The third-order valence-electron chi connectivity index (χ3n) is 2.85. The molecule has 8 nitrogen and oxygen atoms in total. The summed E-state index contributed by atoms with van der Waals surface area (Å²) >= 11 is 0. The van der Waals surface area contributed by atoms with E-state index in [1.807, 2.05) is 0 Å². The van der Waals surface area contributed by atoms with E-state index >= 15 is 0 Å². The van der Waals surface area contributed by atoms with Gasteiger partial charge in [-0.2, -0.15) is 4.98 Å². The quantitative estimate of drug-likeness (QED) is 0.778. The van der Waals surface area contributed by atoms with E-state index in [9.17, 15) is 22.0 Å². The maximum absolute atomic E-state index is 13.6. The highest BCUT2D eigenvalue weighted by Crippen LogP contribution is 2.24. The zero-order chi connectivity index (χ0) is 17.9. The average molecular weight is 360 g/mol. The molecule has 0 radical (unpaired) electrons. The Kier molecular flexibility index (Phi) is 5.24. The summed E-state index contributed by atoms with van der Waals surface area (Å²) in [5.74, 6) is -2.73. The lowest BCUT2D eigenvalue weighted by atomic mass is 10.2. The van der Waals surface area contributed by atoms with Crippen LogP contribution in [0, 0.1) is 11.6 Å². The zero-order valence-electron chi connectivity index (χ0n) is 12.7. The molecule has 2 rings (SSSR count). The number of sulfonamides is 1. The van der Waals surface area contributed by atoms with E-state index in [1.54, 1.807) is 0 Å². The van der Waals surface area contributed by atoms with Gasteiger partial charge in [-0.15, -0.1) is 0 Å². The van der Waals surface area contributed by atoms with Crippen LogP contribution in [0.5, 0.6) is 0 Å². The molecule has 1 aromatic heterocycles. The standard InChI is InChI=1S/C13H14F2N4O4S/c1-7(19-24(2,21)22)12(20)16-6-10-17-13(23-18-10)11-8(14)4-3-5-9(11)15/h3-5,7,19H,6H2,1-2H3,(H,16,20). The Balaban J connectivity index is 2.03. The highest BCUT2D eigenvalue weighted by atomic mass is 32.2. The number of halogens is 2. The number of aromatic nitrogens is 2. The van der Waals surface area contributed by atoms with Gasteiger partial charge in [0, 0.05) is 0 Å². The van der Waals surface area contributed by atoms with E-state index in [1.165, 1.54) is 13.0 Å². The minimum Gasteiger partial charge on any atom is -0.347 e. The molecule has 0 aliphatic carbocycles. The Hall–Kier alpha value is -2.40. The Morgan fingerprint density at radius 3 is 2.54 bits per heavy atom. The first-order valence-electron chi connectivity index (χ1n) is 6.69. The molecule has 0 fully saturated rings. The van der Waals surface area contributed by atoms with E-state index in [0.717, 1.165) is 18.4 Å². The molecular weight excluding hydrogens is 346 g/mol. The van der Waals surface area contributed by atoms with Gasteiger partial charge >= 0.3 is 0 Å². The normalized spacial score (nSPS) is 12.8. The largest absolute Gasteiger partial charge is 0.347 e. The smallest absolute Gasteiger partial charge is 0.263 e. The van der Waals surface area contributed by atoms with Crippen molar-refractivity contribution in [3.63, 3.8) is 0 Å². The van der Waals surface area contributed by atoms with Gasteiger partial charge in [0.15, 0.2) is 5.82 Å². The summed E-state index contributed by atoms with van der Waals surface area (Å²) in [4.78, 5) is 15.5. The van der Waals surface area contributed by atoms with Gasteiger partial charge in [0.2, 0.25) is 15.9 Å². The van der Waals surface area contributed by atoms with Crippen molar-refractivity contribution in [2.24, 2.45) is 0 Å². The Morgan fingerprint density at radius 1 is 1.33 bits per heavy atom. The van der Waals surface area contributed by atoms with Crippen LogP contribution in [0.1, 0.15) is 12.7 Å². The molecule has 1 heterocycles. The highest BCUT2D eigenvalue weighted by Gasteiger charge is 2.20. The second-order valence-electron chi connectivity index (χ2n) is 4.94. The summed E-state index contributed by atoms with van der Waals surface area (Å²) in [6.07, 6.45) is 0.922. The lowest BCUT2D eigenvalue weighted by Gasteiger charge is -2.11. The van der Waals surface area contributed by atoms with Crippen LogP contribution in [-0.2, 0) is 21.4 Å². The van der Waals surface area contributed by atoms with Crippen molar-refractivity contribution in [1.29, 1.82) is 0 Å². The Morgan fingerprint density at radius 2 is 1.96 bits per heavy atom. The van der Waals surface area contributed by atoms with E-state index in [4.69, 9.17) is 4.52 Å². The van der Waals surface area contributed by atoms with Gasteiger partial charge < -0.3 is 9.84 Å². The van der Waals surface area contributed by atoms with Crippen LogP contribution in [0.4, 0.5) is 8.78 Å². The lowest BCUT2D eigenvalue weighted by molar-refractivity contribution is -0.122. The second kappa shape index (κ2) is 7.01. The number of nitrogens with zero attached hydrogens (tertiary/aromatic N) is 2. The molecule has 0 saturated carbocycles. The summed E-state index contributed by atoms with van der Waals surface area (Å²) in [5.41, 5.74) is -0.463. The Labute approximate surface area is 136 Å². The van der Waals surface area contributed by atoms with Crippen LogP contribution in [0.3, 0.4) is 0 Å². The molecule has 130 valence electrons. The van der Waals surface area contributed by atoms with Crippen LogP contribution in [0.2, 0.25) is 0 Å². The predicted octanol–water partition coefficient (Wildman–Crippen LogP) is 0.569. The molecule has 1 unspecified atom stereocenters. The molecule has 1 amide bonds. The van der Waals surface area contributed by atoms with Crippen LogP contribution in [0.25, 0.3) is 11.5 Å². The van der Waals surface area contributed by atoms with Crippen molar-refractivity contribution in [1.82, 2.24) is 20.2 Å². The topological polar surface area (TPSA) is 114 Å². The highest BCUT2D eigenvalue weighted by molar-refractivity contribution is 7.88. The fourth-order valence-corrected chi connectivity index (χ4v) is 2.57. The van der Waals surface area contributed by atoms with Crippen molar-refractivity contribution in [2.75, 3.05) is 6.26 Å². The fraction of sp³-hybridized carbons (Fsp3) is 0.308. The van der Waals surface area contributed by atoms with E-state index in [0.29, 0.717) is 0 Å². The van der Waals surface area contributed by atoms with Crippen molar-refractivity contribution in [3.05, 3.63) is 35.7 Å². The molecule has 24 heavy (non-hydrogen) atoms. The summed E-state index contributed by atoms with van der Waals surface area (Å²) in [6.45, 7) is 1.15. The third kappa shape index (κ3) is 4.55. The first-order valence-corrected chi connectivity index (χ1v) is 8.58. The van der Waals surface area contributed by atoms with Crippen molar-refractivity contribution in [2.45, 2.75) is 19.5 Å². The molecule has 2 N–H and O–H groups in total. The van der Waals surface area contributed by atoms with Gasteiger partial charge in [0.25, 0.3) is 5.89 Å². The summed E-state index contributed by atoms with van der Waals surface area (Å²) in [5, 5.41) is 5.88. The van der Waals surface area contributed by atoms with Crippen molar-refractivity contribution in [3.8, 4) is 11.5 Å². The number of amides is 1. The number of benzene rings is 1. The molecule has 0 spiro atoms.